The van der Waals surface area contributed by atoms with Crippen LogP contribution in [0.3, 0.4) is 0 Å². The molecule has 10 heteroatoms. The summed E-state index contributed by atoms with van der Waals surface area (Å²) in [7, 11) is 1.59. The number of nitrogens with zero attached hydrogens (tertiary/aromatic N) is 4. The highest BCUT2D eigenvalue weighted by Gasteiger charge is 2.40. The summed E-state index contributed by atoms with van der Waals surface area (Å²) in [6.07, 6.45) is 5.19. The second kappa shape index (κ2) is 8.97. The van der Waals surface area contributed by atoms with Gasteiger partial charge >= 0.3 is 0 Å². The summed E-state index contributed by atoms with van der Waals surface area (Å²) in [6.45, 7) is 7.06. The first kappa shape index (κ1) is 22.0. The number of amides is 1. The van der Waals surface area contributed by atoms with Crippen LogP contribution in [0, 0.1) is 0 Å². The first-order valence-corrected chi connectivity index (χ1v) is 10.3. The van der Waals surface area contributed by atoms with E-state index in [9.17, 15) is 4.79 Å². The predicted octanol–water partition coefficient (Wildman–Crippen LogP) is 2.59. The van der Waals surface area contributed by atoms with Gasteiger partial charge in [0.15, 0.2) is 5.17 Å². The van der Waals surface area contributed by atoms with Crippen LogP contribution in [0.4, 0.5) is 5.69 Å². The van der Waals surface area contributed by atoms with Crippen molar-refractivity contribution in [2.45, 2.75) is 37.5 Å². The lowest BCUT2D eigenvalue weighted by atomic mass is 9.87. The van der Waals surface area contributed by atoms with Gasteiger partial charge in [0.25, 0.3) is 5.91 Å². The molecule has 3 heterocycles. The zero-order valence-corrected chi connectivity index (χ0v) is 18.3. The molecule has 30 heavy (non-hydrogen) atoms. The van der Waals surface area contributed by atoms with Gasteiger partial charge in [-0.05, 0) is 25.5 Å². The van der Waals surface area contributed by atoms with E-state index >= 15 is 0 Å². The predicted molar refractivity (Wildman–Crippen MR) is 117 cm³/mol. The lowest BCUT2D eigenvalue weighted by Crippen LogP contribution is -2.38. The Bertz CT molecular complexity index is 934. The first-order chi connectivity index (χ1) is 14.2. The topological polar surface area (TPSA) is 125 Å². The van der Waals surface area contributed by atoms with Crippen molar-refractivity contribution in [3.63, 3.8) is 0 Å². The van der Waals surface area contributed by atoms with E-state index < -0.39 is 5.54 Å². The fourth-order valence-corrected chi connectivity index (χ4v) is 4.50. The van der Waals surface area contributed by atoms with Gasteiger partial charge in [-0.2, -0.15) is 0 Å². The summed E-state index contributed by atoms with van der Waals surface area (Å²) in [5.41, 5.74) is 7.00. The highest BCUT2D eigenvalue weighted by atomic mass is 32.2. The van der Waals surface area contributed by atoms with E-state index in [1.807, 2.05) is 13.0 Å². The average Bonchev–Trinajstić information content (AvgIpc) is 2.67. The van der Waals surface area contributed by atoms with Crippen LogP contribution in [0.25, 0.3) is 0 Å². The van der Waals surface area contributed by atoms with E-state index in [-0.39, 0.29) is 16.3 Å². The van der Waals surface area contributed by atoms with Crippen molar-refractivity contribution in [3.8, 4) is 5.88 Å². The standard InChI is InChI=1S/C20H26N6O3S/c1-19(2)12-20(3,26-18(21)30-19)15-9-13(5-6-22-15)25-17(27)14-10-24-16(11-23-14)29-8-7-28-4/h5-6,9-11H,7-8,12H2,1-4H3,(H2,21,26)(H,22,25,27)/t20-/m0/s1. The molecule has 3 N–H and O–H groups in total. The minimum absolute atomic E-state index is 0.0653. The van der Waals surface area contributed by atoms with Crippen LogP contribution in [-0.4, -0.2) is 51.1 Å². The number of nitrogens with one attached hydrogen (secondary N) is 1. The molecule has 160 valence electrons. The van der Waals surface area contributed by atoms with Gasteiger partial charge in [0.1, 0.15) is 17.8 Å². The van der Waals surface area contributed by atoms with Crippen molar-refractivity contribution in [2.24, 2.45) is 10.7 Å². The number of hydrogen-bond donors (Lipinski definition) is 2. The number of carbonyl (C=O) groups is 1. The molecule has 1 amide bonds. The molecule has 0 bridgehead atoms. The number of nitrogens with two attached hydrogens (primary N) is 1. The molecule has 0 saturated heterocycles. The normalized spacial score (nSPS) is 20.3. The maximum Gasteiger partial charge on any atom is 0.275 e. The molecule has 0 spiro atoms. The van der Waals surface area contributed by atoms with E-state index in [2.05, 4.69) is 39.1 Å². The minimum Gasteiger partial charge on any atom is -0.474 e. The molecule has 0 aliphatic carbocycles. The third kappa shape index (κ3) is 5.45. The molecule has 1 aliphatic rings. The van der Waals surface area contributed by atoms with Crippen LogP contribution in [0.2, 0.25) is 0 Å². The maximum absolute atomic E-state index is 12.6. The molecule has 0 aromatic carbocycles. The van der Waals surface area contributed by atoms with Crippen molar-refractivity contribution in [3.05, 3.63) is 42.1 Å². The summed E-state index contributed by atoms with van der Waals surface area (Å²) >= 11 is 1.56. The largest absolute Gasteiger partial charge is 0.474 e. The van der Waals surface area contributed by atoms with Gasteiger partial charge < -0.3 is 20.5 Å². The molecule has 1 aliphatic heterocycles. The smallest absolute Gasteiger partial charge is 0.275 e. The number of rotatable bonds is 7. The molecule has 0 fully saturated rings. The maximum atomic E-state index is 12.6. The monoisotopic (exact) mass is 430 g/mol. The number of carbonyl (C=O) groups excluding carboxylic acids is 1. The highest BCUT2D eigenvalue weighted by molar-refractivity contribution is 8.15. The third-order valence-corrected chi connectivity index (χ3v) is 5.47. The summed E-state index contributed by atoms with van der Waals surface area (Å²) in [5, 5.41) is 3.37. The number of amidine groups is 1. The van der Waals surface area contributed by atoms with Crippen LogP contribution in [-0.2, 0) is 10.3 Å². The third-order valence-electron chi connectivity index (χ3n) is 4.48. The molecule has 2 aromatic rings. The van der Waals surface area contributed by atoms with Crippen LogP contribution in [0.1, 0.15) is 43.4 Å². The van der Waals surface area contributed by atoms with Gasteiger partial charge in [0, 0.05) is 23.7 Å². The number of thioether (sulfide) groups is 1. The number of aromatic nitrogens is 3. The molecule has 0 radical (unpaired) electrons. The van der Waals surface area contributed by atoms with E-state index in [1.54, 1.807) is 31.1 Å². The molecule has 3 rings (SSSR count). The van der Waals surface area contributed by atoms with E-state index in [0.717, 1.165) is 12.1 Å². The Balaban J connectivity index is 1.72. The number of hydrogen-bond acceptors (Lipinski definition) is 9. The number of aliphatic imine (C=N–C) groups is 1. The van der Waals surface area contributed by atoms with E-state index in [0.29, 0.717) is 29.9 Å². The number of pyridine rings is 1. The molecule has 0 saturated carbocycles. The second-order valence-corrected chi connectivity index (χ2v) is 9.46. The zero-order chi connectivity index (χ0) is 21.8. The molecular formula is C20H26N6O3S. The molecular weight excluding hydrogens is 404 g/mol. The summed E-state index contributed by atoms with van der Waals surface area (Å²) in [4.78, 5) is 29.9. The van der Waals surface area contributed by atoms with Crippen molar-refractivity contribution >= 4 is 28.5 Å². The van der Waals surface area contributed by atoms with Crippen LogP contribution in [0.5, 0.6) is 5.88 Å². The minimum atomic E-state index is -0.569. The fraction of sp³-hybridized carbons (Fsp3) is 0.450. The van der Waals surface area contributed by atoms with E-state index in [4.69, 9.17) is 15.2 Å². The molecule has 9 nitrogen and oxygen atoms in total. The summed E-state index contributed by atoms with van der Waals surface area (Å²) in [6, 6.07) is 3.53. The summed E-state index contributed by atoms with van der Waals surface area (Å²) < 4.78 is 10.2. The van der Waals surface area contributed by atoms with Crippen molar-refractivity contribution in [2.75, 3.05) is 25.6 Å². The Morgan fingerprint density at radius 2 is 2.03 bits per heavy atom. The van der Waals surface area contributed by atoms with Crippen LogP contribution >= 0.6 is 11.8 Å². The lowest BCUT2D eigenvalue weighted by molar-refractivity contribution is 0.102. The highest BCUT2D eigenvalue weighted by Crippen LogP contribution is 2.44. The van der Waals surface area contributed by atoms with Crippen molar-refractivity contribution in [1.29, 1.82) is 0 Å². The Labute approximate surface area is 179 Å². The number of methoxy groups -OCH3 is 1. The molecule has 2 aromatic heterocycles. The Kier molecular flexibility index (Phi) is 6.57. The average molecular weight is 431 g/mol. The Morgan fingerprint density at radius 3 is 2.70 bits per heavy atom. The van der Waals surface area contributed by atoms with Crippen molar-refractivity contribution in [1.82, 2.24) is 15.0 Å². The fourth-order valence-electron chi connectivity index (χ4n) is 3.34. The molecule has 0 unspecified atom stereocenters. The number of ether oxygens (including phenoxy) is 2. The number of anilines is 1. The Hall–Kier alpha value is -2.72. The van der Waals surface area contributed by atoms with Gasteiger partial charge in [-0.15, -0.1) is 0 Å². The first-order valence-electron chi connectivity index (χ1n) is 9.47. The van der Waals surface area contributed by atoms with Crippen molar-refractivity contribution < 1.29 is 14.3 Å². The molecule has 1 atom stereocenters. The van der Waals surface area contributed by atoms with Gasteiger partial charge in [-0.3, -0.25) is 9.78 Å². The van der Waals surface area contributed by atoms with Crippen LogP contribution < -0.4 is 15.8 Å². The van der Waals surface area contributed by atoms with Crippen LogP contribution in [0.15, 0.2) is 35.7 Å². The second-order valence-electron chi connectivity index (χ2n) is 7.73. The Morgan fingerprint density at radius 1 is 1.23 bits per heavy atom. The quantitative estimate of drug-likeness (QED) is 0.642. The zero-order valence-electron chi connectivity index (χ0n) is 17.5. The van der Waals surface area contributed by atoms with Gasteiger partial charge in [0.05, 0.1) is 24.7 Å². The summed E-state index contributed by atoms with van der Waals surface area (Å²) in [5.74, 6) is -0.0493. The van der Waals surface area contributed by atoms with Gasteiger partial charge in [0.2, 0.25) is 5.88 Å². The van der Waals surface area contributed by atoms with Gasteiger partial charge in [-0.1, -0.05) is 25.6 Å². The SMILES string of the molecule is COCCOc1cnc(C(=O)Nc2ccnc([C@]3(C)CC(C)(C)SC(N)=N3)c2)cn1. The van der Waals surface area contributed by atoms with E-state index in [1.165, 1.54) is 12.4 Å². The van der Waals surface area contributed by atoms with Gasteiger partial charge in [-0.25, -0.2) is 15.0 Å². The lowest BCUT2D eigenvalue weighted by Gasteiger charge is -2.38.